The maximum atomic E-state index is 12.9. The van der Waals surface area contributed by atoms with Crippen molar-refractivity contribution in [2.75, 3.05) is 5.33 Å². The summed E-state index contributed by atoms with van der Waals surface area (Å²) in [6.45, 7) is 0.609. The van der Waals surface area contributed by atoms with Crippen LogP contribution >= 0.6 is 15.9 Å². The summed E-state index contributed by atoms with van der Waals surface area (Å²) in [7, 11) is 0. The molecule has 2 rings (SSSR count). The van der Waals surface area contributed by atoms with Crippen molar-refractivity contribution in [2.45, 2.75) is 44.7 Å². The molecule has 1 amide bonds. The van der Waals surface area contributed by atoms with Gasteiger partial charge in [0.05, 0.1) is 0 Å². The van der Waals surface area contributed by atoms with E-state index in [9.17, 15) is 9.18 Å². The first-order valence-electron chi connectivity index (χ1n) is 6.80. The van der Waals surface area contributed by atoms with Crippen molar-refractivity contribution in [2.24, 2.45) is 0 Å². The first kappa shape index (κ1) is 14.5. The Morgan fingerprint density at radius 2 is 1.95 bits per heavy atom. The number of alkyl halides is 1. The summed E-state index contributed by atoms with van der Waals surface area (Å²) < 4.78 is 12.9. The predicted octanol–water partition coefficient (Wildman–Crippen LogP) is 3.88. The Bertz CT molecular complexity index is 417. The highest BCUT2D eigenvalue weighted by atomic mass is 79.9. The molecule has 19 heavy (non-hydrogen) atoms. The van der Waals surface area contributed by atoms with Crippen molar-refractivity contribution in [3.63, 3.8) is 0 Å². The molecule has 0 heterocycles. The van der Waals surface area contributed by atoms with Gasteiger partial charge in [0.1, 0.15) is 5.82 Å². The minimum atomic E-state index is -0.231. The van der Waals surface area contributed by atoms with Crippen LogP contribution in [0.15, 0.2) is 24.3 Å². The third-order valence-corrected chi connectivity index (χ3v) is 3.91. The van der Waals surface area contributed by atoms with Crippen LogP contribution < -0.4 is 0 Å². The molecule has 1 aliphatic carbocycles. The molecule has 2 nitrogen and oxygen atoms in total. The number of unbranched alkanes of at least 4 members (excludes halogenated alkanes) is 1. The van der Waals surface area contributed by atoms with Gasteiger partial charge in [0.15, 0.2) is 0 Å². The van der Waals surface area contributed by atoms with Crippen LogP contribution in [-0.4, -0.2) is 22.2 Å². The average Bonchev–Trinajstić information content (AvgIpc) is 3.22. The summed E-state index contributed by atoms with van der Waals surface area (Å²) in [6, 6.07) is 6.83. The van der Waals surface area contributed by atoms with Crippen molar-refractivity contribution < 1.29 is 9.18 Å². The monoisotopic (exact) mass is 327 g/mol. The molecule has 0 saturated heterocycles. The number of hydrogen-bond acceptors (Lipinski definition) is 1. The Morgan fingerprint density at radius 1 is 1.26 bits per heavy atom. The second-order valence-electron chi connectivity index (χ2n) is 5.03. The molecular formula is C15H19BrFNO. The number of amides is 1. The van der Waals surface area contributed by atoms with E-state index in [0.29, 0.717) is 19.0 Å². The molecule has 0 N–H and O–H groups in total. The number of carbonyl (C=O) groups excluding carboxylic acids is 1. The van der Waals surface area contributed by atoms with Crippen LogP contribution in [0.3, 0.4) is 0 Å². The van der Waals surface area contributed by atoms with Gasteiger partial charge in [-0.05, 0) is 43.4 Å². The maximum Gasteiger partial charge on any atom is 0.223 e. The third-order valence-electron chi connectivity index (χ3n) is 3.35. The summed E-state index contributed by atoms with van der Waals surface area (Å²) in [4.78, 5) is 14.2. The molecule has 0 atom stereocenters. The van der Waals surface area contributed by atoms with E-state index in [1.807, 2.05) is 4.90 Å². The molecule has 1 aliphatic rings. The summed E-state index contributed by atoms with van der Waals surface area (Å²) in [5.41, 5.74) is 1.00. The van der Waals surface area contributed by atoms with Gasteiger partial charge in [-0.15, -0.1) is 0 Å². The van der Waals surface area contributed by atoms with Crippen molar-refractivity contribution in [3.8, 4) is 0 Å². The number of halogens is 2. The topological polar surface area (TPSA) is 20.3 Å². The van der Waals surface area contributed by atoms with Gasteiger partial charge in [-0.25, -0.2) is 4.39 Å². The van der Waals surface area contributed by atoms with Gasteiger partial charge in [-0.2, -0.15) is 0 Å². The van der Waals surface area contributed by atoms with Gasteiger partial charge in [0.25, 0.3) is 0 Å². The normalized spacial score (nSPS) is 14.4. The van der Waals surface area contributed by atoms with Crippen molar-refractivity contribution >= 4 is 21.8 Å². The second kappa shape index (κ2) is 7.04. The lowest BCUT2D eigenvalue weighted by atomic mass is 10.2. The quantitative estimate of drug-likeness (QED) is 0.549. The van der Waals surface area contributed by atoms with E-state index in [4.69, 9.17) is 0 Å². The zero-order valence-corrected chi connectivity index (χ0v) is 12.5. The zero-order valence-electron chi connectivity index (χ0n) is 10.9. The molecule has 0 radical (unpaired) electrons. The minimum absolute atomic E-state index is 0.229. The number of carbonyl (C=O) groups is 1. The number of hydrogen-bond donors (Lipinski definition) is 0. The lowest BCUT2D eigenvalue weighted by Gasteiger charge is -2.22. The molecular weight excluding hydrogens is 309 g/mol. The molecule has 1 aromatic carbocycles. The maximum absolute atomic E-state index is 12.9. The van der Waals surface area contributed by atoms with Gasteiger partial charge in [-0.1, -0.05) is 28.1 Å². The SMILES string of the molecule is O=C(CCCCBr)N(Cc1ccc(F)cc1)C1CC1. The standard InChI is InChI=1S/C15H19BrFNO/c16-10-2-1-3-15(19)18(14-8-9-14)11-12-4-6-13(17)7-5-12/h4-7,14H,1-3,8-11H2. The first-order valence-corrected chi connectivity index (χ1v) is 7.92. The molecule has 4 heteroatoms. The smallest absolute Gasteiger partial charge is 0.223 e. The van der Waals surface area contributed by atoms with E-state index in [1.54, 1.807) is 12.1 Å². The molecule has 1 fully saturated rings. The fraction of sp³-hybridized carbons (Fsp3) is 0.533. The lowest BCUT2D eigenvalue weighted by molar-refractivity contribution is -0.132. The predicted molar refractivity (Wildman–Crippen MR) is 77.6 cm³/mol. The van der Waals surface area contributed by atoms with E-state index in [-0.39, 0.29) is 11.7 Å². The highest BCUT2D eigenvalue weighted by Gasteiger charge is 2.31. The van der Waals surface area contributed by atoms with Crippen LogP contribution in [0.1, 0.15) is 37.7 Å². The van der Waals surface area contributed by atoms with E-state index < -0.39 is 0 Å². The third kappa shape index (κ3) is 4.60. The zero-order chi connectivity index (χ0) is 13.7. The summed E-state index contributed by atoms with van der Waals surface area (Å²) in [5.74, 6) is -0.00172. The Balaban J connectivity index is 1.92. The van der Waals surface area contributed by atoms with E-state index in [2.05, 4.69) is 15.9 Å². The summed E-state index contributed by atoms with van der Waals surface area (Å²) in [5, 5.41) is 0.946. The Morgan fingerprint density at radius 3 is 2.53 bits per heavy atom. The highest BCUT2D eigenvalue weighted by Crippen LogP contribution is 2.29. The van der Waals surface area contributed by atoms with Gasteiger partial charge >= 0.3 is 0 Å². The molecule has 104 valence electrons. The van der Waals surface area contributed by atoms with Crippen LogP contribution in [0, 0.1) is 5.82 Å². The fourth-order valence-electron chi connectivity index (χ4n) is 2.11. The van der Waals surface area contributed by atoms with Crippen LogP contribution in [-0.2, 0) is 11.3 Å². The largest absolute Gasteiger partial charge is 0.335 e. The molecule has 0 aromatic heterocycles. The van der Waals surface area contributed by atoms with Crippen molar-refractivity contribution in [3.05, 3.63) is 35.6 Å². The summed E-state index contributed by atoms with van der Waals surface area (Å²) in [6.07, 6.45) is 4.78. The van der Waals surface area contributed by atoms with Gasteiger partial charge in [0, 0.05) is 24.3 Å². The Hall–Kier alpha value is -0.900. The molecule has 0 spiro atoms. The van der Waals surface area contributed by atoms with Crippen LogP contribution in [0.5, 0.6) is 0 Å². The molecule has 1 saturated carbocycles. The summed E-state index contributed by atoms with van der Waals surface area (Å²) >= 11 is 3.38. The molecule has 0 unspecified atom stereocenters. The Kier molecular flexibility index (Phi) is 5.37. The Labute approximate surface area is 122 Å². The molecule has 0 aliphatic heterocycles. The van der Waals surface area contributed by atoms with Crippen LogP contribution in [0.25, 0.3) is 0 Å². The van der Waals surface area contributed by atoms with Crippen LogP contribution in [0.4, 0.5) is 4.39 Å². The van der Waals surface area contributed by atoms with Gasteiger partial charge in [-0.3, -0.25) is 4.79 Å². The van der Waals surface area contributed by atoms with E-state index in [1.165, 1.54) is 12.1 Å². The van der Waals surface area contributed by atoms with Crippen molar-refractivity contribution in [1.29, 1.82) is 0 Å². The number of nitrogens with zero attached hydrogens (tertiary/aromatic N) is 1. The second-order valence-corrected chi connectivity index (χ2v) is 5.82. The van der Waals surface area contributed by atoms with E-state index in [0.717, 1.165) is 36.6 Å². The van der Waals surface area contributed by atoms with Gasteiger partial charge < -0.3 is 4.90 Å². The first-order chi connectivity index (χ1) is 9.20. The fourth-order valence-corrected chi connectivity index (χ4v) is 2.50. The number of benzene rings is 1. The van der Waals surface area contributed by atoms with Crippen LogP contribution in [0.2, 0.25) is 0 Å². The van der Waals surface area contributed by atoms with Gasteiger partial charge in [0.2, 0.25) is 5.91 Å². The lowest BCUT2D eigenvalue weighted by Crippen LogP contribution is -2.32. The van der Waals surface area contributed by atoms with Crippen molar-refractivity contribution in [1.82, 2.24) is 4.90 Å². The minimum Gasteiger partial charge on any atom is -0.335 e. The number of rotatable bonds is 7. The average molecular weight is 328 g/mol. The molecule has 0 bridgehead atoms. The molecule has 1 aromatic rings. The highest BCUT2D eigenvalue weighted by molar-refractivity contribution is 9.09. The van der Waals surface area contributed by atoms with E-state index >= 15 is 0 Å².